The van der Waals surface area contributed by atoms with E-state index in [2.05, 4.69) is 10.9 Å². The highest BCUT2D eigenvalue weighted by molar-refractivity contribution is 6.41. The Bertz CT molecular complexity index is 868. The highest BCUT2D eigenvalue weighted by Gasteiger charge is 2.31. The lowest BCUT2D eigenvalue weighted by Crippen LogP contribution is -2.46. The van der Waals surface area contributed by atoms with Gasteiger partial charge in [-0.1, -0.05) is 46.9 Å². The zero-order valence-corrected chi connectivity index (χ0v) is 16.5. The van der Waals surface area contributed by atoms with Crippen molar-refractivity contribution >= 4 is 58.0 Å². The van der Waals surface area contributed by atoms with Gasteiger partial charge in [-0.05, 0) is 31.2 Å². The first kappa shape index (κ1) is 19.6. The van der Waals surface area contributed by atoms with Crippen molar-refractivity contribution in [3.63, 3.8) is 0 Å². The average Bonchev–Trinajstić information content (AvgIpc) is 2.61. The van der Waals surface area contributed by atoms with Crippen molar-refractivity contribution in [3.05, 3.63) is 51.5 Å². The molecule has 0 radical (unpaired) electrons. The Kier molecular flexibility index (Phi) is 5.99. The minimum absolute atomic E-state index is 0.0720. The van der Waals surface area contributed by atoms with Crippen LogP contribution in [-0.4, -0.2) is 24.5 Å². The smallest absolute Gasteiger partial charge is 0.267 e. The Morgan fingerprint density at radius 3 is 2.56 bits per heavy atom. The Morgan fingerprint density at radius 2 is 1.85 bits per heavy atom. The monoisotopic (exact) mass is 427 g/mol. The van der Waals surface area contributed by atoms with Crippen LogP contribution >= 0.6 is 34.8 Å². The van der Waals surface area contributed by atoms with E-state index in [9.17, 15) is 9.59 Å². The molecule has 3 rings (SSSR count). The van der Waals surface area contributed by atoms with Gasteiger partial charge in [0, 0.05) is 18.0 Å². The third-order valence-electron chi connectivity index (χ3n) is 3.97. The molecule has 1 aliphatic heterocycles. The summed E-state index contributed by atoms with van der Waals surface area (Å²) in [4.78, 5) is 26.1. The lowest BCUT2D eigenvalue weighted by molar-refractivity contribution is -0.125. The second-order valence-electron chi connectivity index (χ2n) is 5.89. The zero-order valence-electron chi connectivity index (χ0n) is 14.3. The molecular weight excluding hydrogens is 413 g/mol. The highest BCUT2D eigenvalue weighted by Crippen LogP contribution is 2.34. The quantitative estimate of drug-likeness (QED) is 0.697. The van der Waals surface area contributed by atoms with Gasteiger partial charge in [-0.2, -0.15) is 0 Å². The van der Waals surface area contributed by atoms with Crippen LogP contribution in [0.4, 0.5) is 11.4 Å². The van der Waals surface area contributed by atoms with Crippen LogP contribution in [0.2, 0.25) is 15.1 Å². The van der Waals surface area contributed by atoms with Gasteiger partial charge >= 0.3 is 0 Å². The molecule has 142 valence electrons. The number of hydrogen-bond donors (Lipinski definition) is 2. The van der Waals surface area contributed by atoms with Crippen LogP contribution in [-0.2, 0) is 9.59 Å². The molecule has 0 spiro atoms. The van der Waals surface area contributed by atoms with E-state index in [1.165, 1.54) is 12.1 Å². The number of carbonyl (C=O) groups is 2. The average molecular weight is 429 g/mol. The van der Waals surface area contributed by atoms with Crippen LogP contribution in [0.15, 0.2) is 36.4 Å². The van der Waals surface area contributed by atoms with Gasteiger partial charge in [0.15, 0.2) is 6.10 Å². The van der Waals surface area contributed by atoms with Crippen molar-refractivity contribution < 1.29 is 14.3 Å². The molecule has 2 aromatic carbocycles. The molecule has 2 N–H and O–H groups in total. The molecule has 1 heterocycles. The molecule has 2 amide bonds. The standard InChI is InChI=1S/C18H16Cl3N3O3/c1-10-18(26)24(14-4-2-3-5-15(14)27-10)7-6-16(25)22-23-17-12(20)8-11(19)9-13(17)21/h2-5,8-10,23H,6-7H2,1H3,(H,22,25). The van der Waals surface area contributed by atoms with Crippen molar-refractivity contribution in [1.82, 2.24) is 5.43 Å². The first-order chi connectivity index (χ1) is 12.9. The lowest BCUT2D eigenvalue weighted by atomic mass is 10.1. The lowest BCUT2D eigenvalue weighted by Gasteiger charge is -2.32. The first-order valence-electron chi connectivity index (χ1n) is 8.13. The molecule has 2 aromatic rings. The van der Waals surface area contributed by atoms with Gasteiger partial charge in [0.25, 0.3) is 5.91 Å². The maximum atomic E-state index is 12.4. The Morgan fingerprint density at radius 1 is 1.19 bits per heavy atom. The minimum Gasteiger partial charge on any atom is -0.479 e. The molecular formula is C18H16Cl3N3O3. The summed E-state index contributed by atoms with van der Waals surface area (Å²) < 4.78 is 5.58. The molecule has 0 aliphatic carbocycles. The topological polar surface area (TPSA) is 70.7 Å². The predicted molar refractivity (Wildman–Crippen MR) is 107 cm³/mol. The Hall–Kier alpha value is -2.15. The predicted octanol–water partition coefficient (Wildman–Crippen LogP) is 4.29. The molecule has 0 aromatic heterocycles. The Balaban J connectivity index is 1.62. The number of fused-ring (bicyclic) bond motifs is 1. The van der Waals surface area contributed by atoms with E-state index in [0.29, 0.717) is 22.1 Å². The van der Waals surface area contributed by atoms with Gasteiger partial charge in [-0.3, -0.25) is 20.4 Å². The summed E-state index contributed by atoms with van der Waals surface area (Å²) in [5.74, 6) is 0.0858. The maximum absolute atomic E-state index is 12.4. The van der Waals surface area contributed by atoms with E-state index >= 15 is 0 Å². The summed E-state index contributed by atoms with van der Waals surface area (Å²) in [5, 5.41) is 0.943. The number of nitrogens with zero attached hydrogens (tertiary/aromatic N) is 1. The molecule has 1 atom stereocenters. The normalized spacial score (nSPS) is 15.8. The van der Waals surface area contributed by atoms with Crippen LogP contribution in [0.25, 0.3) is 0 Å². The van der Waals surface area contributed by atoms with E-state index in [4.69, 9.17) is 39.5 Å². The number of halogens is 3. The fourth-order valence-electron chi connectivity index (χ4n) is 2.66. The first-order valence-corrected chi connectivity index (χ1v) is 9.26. The SMILES string of the molecule is CC1Oc2ccccc2N(CCC(=O)NNc2c(Cl)cc(Cl)cc2Cl)C1=O. The summed E-state index contributed by atoms with van der Waals surface area (Å²) in [6.45, 7) is 1.89. The number of ether oxygens (including phenoxy) is 1. The second-order valence-corrected chi connectivity index (χ2v) is 7.14. The molecule has 9 heteroatoms. The molecule has 0 saturated carbocycles. The molecule has 27 heavy (non-hydrogen) atoms. The van der Waals surface area contributed by atoms with Gasteiger partial charge < -0.3 is 9.64 Å². The van der Waals surface area contributed by atoms with Gasteiger partial charge in [-0.15, -0.1) is 0 Å². The van der Waals surface area contributed by atoms with E-state index in [1.54, 1.807) is 24.0 Å². The van der Waals surface area contributed by atoms with E-state index in [1.807, 2.05) is 12.1 Å². The number of nitrogens with one attached hydrogen (secondary N) is 2. The summed E-state index contributed by atoms with van der Waals surface area (Å²) in [5.41, 5.74) is 6.19. The fourth-order valence-corrected chi connectivity index (χ4v) is 3.57. The number of anilines is 2. The second kappa shape index (κ2) is 8.25. The molecule has 0 fully saturated rings. The number of rotatable bonds is 5. The van der Waals surface area contributed by atoms with Gasteiger partial charge in [-0.25, -0.2) is 0 Å². The largest absolute Gasteiger partial charge is 0.479 e. The minimum atomic E-state index is -0.604. The van der Waals surface area contributed by atoms with Crippen molar-refractivity contribution in [2.45, 2.75) is 19.4 Å². The molecule has 1 aliphatic rings. The fraction of sp³-hybridized carbons (Fsp3) is 0.222. The number of para-hydroxylation sites is 2. The maximum Gasteiger partial charge on any atom is 0.267 e. The van der Waals surface area contributed by atoms with E-state index < -0.39 is 6.10 Å². The van der Waals surface area contributed by atoms with Crippen molar-refractivity contribution in [1.29, 1.82) is 0 Å². The van der Waals surface area contributed by atoms with Crippen molar-refractivity contribution in [3.8, 4) is 5.75 Å². The number of carbonyl (C=O) groups excluding carboxylic acids is 2. The van der Waals surface area contributed by atoms with Crippen LogP contribution in [0.3, 0.4) is 0 Å². The third kappa shape index (κ3) is 4.40. The Labute approximate surface area is 171 Å². The van der Waals surface area contributed by atoms with E-state index in [-0.39, 0.29) is 34.8 Å². The molecule has 6 nitrogen and oxygen atoms in total. The van der Waals surface area contributed by atoms with Crippen LogP contribution in [0.1, 0.15) is 13.3 Å². The number of hydrazine groups is 1. The summed E-state index contributed by atoms with van der Waals surface area (Å²) >= 11 is 18.0. The summed E-state index contributed by atoms with van der Waals surface area (Å²) in [6, 6.07) is 10.2. The third-order valence-corrected chi connectivity index (χ3v) is 4.78. The van der Waals surface area contributed by atoms with Crippen molar-refractivity contribution in [2.75, 3.05) is 16.9 Å². The number of benzene rings is 2. The van der Waals surface area contributed by atoms with Crippen molar-refractivity contribution in [2.24, 2.45) is 0 Å². The molecule has 1 unspecified atom stereocenters. The van der Waals surface area contributed by atoms with Gasteiger partial charge in [0.2, 0.25) is 5.91 Å². The van der Waals surface area contributed by atoms with Crippen LogP contribution in [0.5, 0.6) is 5.75 Å². The molecule has 0 saturated heterocycles. The highest BCUT2D eigenvalue weighted by atomic mass is 35.5. The molecule has 0 bridgehead atoms. The van der Waals surface area contributed by atoms with Gasteiger partial charge in [0.1, 0.15) is 5.75 Å². The number of amides is 2. The van der Waals surface area contributed by atoms with Crippen LogP contribution < -0.4 is 20.5 Å². The van der Waals surface area contributed by atoms with E-state index in [0.717, 1.165) is 0 Å². The number of hydrogen-bond acceptors (Lipinski definition) is 4. The van der Waals surface area contributed by atoms with Gasteiger partial charge in [0.05, 0.1) is 21.4 Å². The zero-order chi connectivity index (χ0) is 19.6. The summed E-state index contributed by atoms with van der Waals surface area (Å²) in [6.07, 6.45) is -0.532. The van der Waals surface area contributed by atoms with Crippen LogP contribution in [0, 0.1) is 0 Å². The summed E-state index contributed by atoms with van der Waals surface area (Å²) in [7, 11) is 0.